The third kappa shape index (κ3) is 4.66. The van der Waals surface area contributed by atoms with Crippen LogP contribution in [0.4, 0.5) is 0 Å². The fourth-order valence-corrected chi connectivity index (χ4v) is 2.55. The minimum absolute atomic E-state index is 0.171. The molecular weight excluding hydrogens is 212 g/mol. The Kier molecular flexibility index (Phi) is 5.96. The van der Waals surface area contributed by atoms with Crippen LogP contribution in [0.1, 0.15) is 52.9 Å². The molecule has 0 saturated carbocycles. The average Bonchev–Trinajstić information content (AvgIpc) is 2.75. The summed E-state index contributed by atoms with van der Waals surface area (Å²) in [6, 6.07) is 0.258. The number of carbonyl (C=O) groups is 1. The smallest absolute Gasteiger partial charge is 0.225 e. The van der Waals surface area contributed by atoms with Gasteiger partial charge in [0.15, 0.2) is 0 Å². The van der Waals surface area contributed by atoms with Gasteiger partial charge in [0, 0.05) is 25.0 Å². The predicted octanol–water partition coefficient (Wildman–Crippen LogP) is 2.40. The van der Waals surface area contributed by atoms with Gasteiger partial charge in [-0.15, -0.1) is 0 Å². The molecule has 100 valence electrons. The molecule has 0 aliphatic carbocycles. The predicted molar refractivity (Wildman–Crippen MR) is 71.6 cm³/mol. The molecule has 1 fully saturated rings. The van der Waals surface area contributed by atoms with Crippen LogP contribution in [-0.2, 0) is 4.79 Å². The molecule has 1 rings (SSSR count). The molecule has 17 heavy (non-hydrogen) atoms. The van der Waals surface area contributed by atoms with Crippen molar-refractivity contribution in [1.82, 2.24) is 4.90 Å². The summed E-state index contributed by atoms with van der Waals surface area (Å²) in [5.41, 5.74) is 5.72. The van der Waals surface area contributed by atoms with Crippen LogP contribution < -0.4 is 5.73 Å². The number of nitrogens with two attached hydrogens (primary N) is 1. The molecule has 0 aromatic rings. The van der Waals surface area contributed by atoms with Crippen LogP contribution in [0.3, 0.4) is 0 Å². The first-order chi connectivity index (χ1) is 8.04. The molecule has 0 aromatic heterocycles. The second-order valence-corrected chi connectivity index (χ2v) is 5.66. The maximum absolute atomic E-state index is 12.2. The first kappa shape index (κ1) is 14.5. The minimum Gasteiger partial charge on any atom is -0.342 e. The summed E-state index contributed by atoms with van der Waals surface area (Å²) in [7, 11) is 0. The number of carbonyl (C=O) groups excluding carboxylic acids is 1. The summed E-state index contributed by atoms with van der Waals surface area (Å²) in [6.45, 7) is 8.24. The van der Waals surface area contributed by atoms with E-state index in [-0.39, 0.29) is 12.0 Å². The van der Waals surface area contributed by atoms with Crippen molar-refractivity contribution in [3.05, 3.63) is 0 Å². The van der Waals surface area contributed by atoms with E-state index >= 15 is 0 Å². The average molecular weight is 240 g/mol. The van der Waals surface area contributed by atoms with Crippen molar-refractivity contribution in [1.29, 1.82) is 0 Å². The highest BCUT2D eigenvalue weighted by Gasteiger charge is 2.27. The minimum atomic E-state index is 0.171. The molecular formula is C14H28N2O. The summed E-state index contributed by atoms with van der Waals surface area (Å²) < 4.78 is 0. The molecule has 3 heteroatoms. The van der Waals surface area contributed by atoms with Crippen LogP contribution in [-0.4, -0.2) is 29.9 Å². The van der Waals surface area contributed by atoms with Crippen molar-refractivity contribution in [3.63, 3.8) is 0 Å². The molecule has 1 saturated heterocycles. The fraction of sp³-hybridized carbons (Fsp3) is 0.929. The second kappa shape index (κ2) is 7.00. The second-order valence-electron chi connectivity index (χ2n) is 5.66. The molecule has 3 atom stereocenters. The maximum atomic E-state index is 12.2. The van der Waals surface area contributed by atoms with E-state index in [2.05, 4.69) is 18.7 Å². The van der Waals surface area contributed by atoms with Gasteiger partial charge in [0.1, 0.15) is 0 Å². The Balaban J connectivity index is 2.27. The van der Waals surface area contributed by atoms with E-state index in [1.165, 1.54) is 12.8 Å². The number of nitrogens with zero attached hydrogens (tertiary/aromatic N) is 1. The standard InChI is InChI=1S/C14H28N2O/c1-4-13-8-9-16(10-13)14(17)11(2)6-5-7-12(3)15/h11-13H,4-10,15H2,1-3H3. The molecule has 1 heterocycles. The van der Waals surface area contributed by atoms with Crippen molar-refractivity contribution in [2.45, 2.75) is 58.9 Å². The topological polar surface area (TPSA) is 46.3 Å². The van der Waals surface area contributed by atoms with E-state index in [1.54, 1.807) is 0 Å². The van der Waals surface area contributed by atoms with Crippen molar-refractivity contribution >= 4 is 5.91 Å². The Labute approximate surface area is 106 Å². The number of amides is 1. The van der Waals surface area contributed by atoms with Gasteiger partial charge in [0.2, 0.25) is 5.91 Å². The molecule has 2 N–H and O–H groups in total. The van der Waals surface area contributed by atoms with Gasteiger partial charge in [-0.25, -0.2) is 0 Å². The Hall–Kier alpha value is -0.570. The first-order valence-corrected chi connectivity index (χ1v) is 7.09. The molecule has 0 bridgehead atoms. The van der Waals surface area contributed by atoms with Crippen LogP contribution in [0.5, 0.6) is 0 Å². The summed E-state index contributed by atoms with van der Waals surface area (Å²) >= 11 is 0. The van der Waals surface area contributed by atoms with Crippen molar-refractivity contribution in [3.8, 4) is 0 Å². The fourth-order valence-electron chi connectivity index (χ4n) is 2.55. The van der Waals surface area contributed by atoms with Gasteiger partial charge in [0.05, 0.1) is 0 Å². The zero-order valence-electron chi connectivity index (χ0n) is 11.6. The number of hydrogen-bond acceptors (Lipinski definition) is 2. The van der Waals surface area contributed by atoms with Gasteiger partial charge in [-0.2, -0.15) is 0 Å². The van der Waals surface area contributed by atoms with Gasteiger partial charge < -0.3 is 10.6 Å². The third-order valence-electron chi connectivity index (χ3n) is 3.89. The van der Waals surface area contributed by atoms with Crippen molar-refractivity contribution < 1.29 is 4.79 Å². The van der Waals surface area contributed by atoms with Gasteiger partial charge >= 0.3 is 0 Å². The Morgan fingerprint density at radius 1 is 1.41 bits per heavy atom. The summed E-state index contributed by atoms with van der Waals surface area (Å²) in [6.07, 6.45) is 5.45. The van der Waals surface area contributed by atoms with Crippen LogP contribution >= 0.6 is 0 Å². The highest BCUT2D eigenvalue weighted by atomic mass is 16.2. The van der Waals surface area contributed by atoms with Crippen LogP contribution in [0.25, 0.3) is 0 Å². The maximum Gasteiger partial charge on any atom is 0.225 e. The van der Waals surface area contributed by atoms with Gasteiger partial charge in [-0.1, -0.05) is 26.7 Å². The molecule has 1 amide bonds. The Bertz CT molecular complexity index is 240. The van der Waals surface area contributed by atoms with Gasteiger partial charge in [-0.05, 0) is 32.1 Å². The lowest BCUT2D eigenvalue weighted by Crippen LogP contribution is -2.33. The van der Waals surface area contributed by atoms with E-state index in [0.29, 0.717) is 5.91 Å². The zero-order valence-corrected chi connectivity index (χ0v) is 11.6. The summed E-state index contributed by atoms with van der Waals surface area (Å²) in [4.78, 5) is 14.2. The molecule has 3 nitrogen and oxygen atoms in total. The first-order valence-electron chi connectivity index (χ1n) is 7.09. The zero-order chi connectivity index (χ0) is 12.8. The highest BCUT2D eigenvalue weighted by molar-refractivity contribution is 5.78. The largest absolute Gasteiger partial charge is 0.342 e. The molecule has 0 radical (unpaired) electrons. The van der Waals surface area contributed by atoms with Gasteiger partial charge in [0.25, 0.3) is 0 Å². The molecule has 0 spiro atoms. The lowest BCUT2D eigenvalue weighted by molar-refractivity contribution is -0.134. The number of rotatable bonds is 6. The Morgan fingerprint density at radius 2 is 2.12 bits per heavy atom. The number of hydrogen-bond donors (Lipinski definition) is 1. The lowest BCUT2D eigenvalue weighted by Gasteiger charge is -2.21. The summed E-state index contributed by atoms with van der Waals surface area (Å²) in [5, 5.41) is 0. The van der Waals surface area contributed by atoms with Crippen LogP contribution in [0.15, 0.2) is 0 Å². The van der Waals surface area contributed by atoms with E-state index in [1.807, 2.05) is 6.92 Å². The van der Waals surface area contributed by atoms with Crippen LogP contribution in [0, 0.1) is 11.8 Å². The normalized spacial score (nSPS) is 23.8. The third-order valence-corrected chi connectivity index (χ3v) is 3.89. The molecule has 1 aliphatic rings. The lowest BCUT2D eigenvalue weighted by atomic mass is 10.0. The van der Waals surface area contributed by atoms with Gasteiger partial charge in [-0.3, -0.25) is 4.79 Å². The van der Waals surface area contributed by atoms with E-state index in [4.69, 9.17) is 5.73 Å². The quantitative estimate of drug-likeness (QED) is 0.775. The highest BCUT2D eigenvalue weighted by Crippen LogP contribution is 2.22. The SMILES string of the molecule is CCC1CCN(C(=O)C(C)CCCC(C)N)C1. The van der Waals surface area contributed by atoms with Crippen LogP contribution in [0.2, 0.25) is 0 Å². The molecule has 1 aliphatic heterocycles. The summed E-state index contributed by atoms with van der Waals surface area (Å²) in [5.74, 6) is 1.25. The Morgan fingerprint density at radius 3 is 2.65 bits per heavy atom. The monoisotopic (exact) mass is 240 g/mol. The van der Waals surface area contributed by atoms with Crippen molar-refractivity contribution in [2.75, 3.05) is 13.1 Å². The number of likely N-dealkylation sites (tertiary alicyclic amines) is 1. The molecule has 3 unspecified atom stereocenters. The van der Waals surface area contributed by atoms with E-state index < -0.39 is 0 Å². The van der Waals surface area contributed by atoms with E-state index in [0.717, 1.165) is 38.3 Å². The molecule has 0 aromatic carbocycles. The van der Waals surface area contributed by atoms with Crippen molar-refractivity contribution in [2.24, 2.45) is 17.6 Å². The van der Waals surface area contributed by atoms with E-state index in [9.17, 15) is 4.79 Å².